The number of aryl methyl sites for hydroxylation is 1. The molecule has 1 rings (SSSR count). The van der Waals surface area contributed by atoms with Gasteiger partial charge in [-0.3, -0.25) is 4.79 Å². The van der Waals surface area contributed by atoms with Crippen LogP contribution in [0.4, 0.5) is 0 Å². The molecule has 0 spiro atoms. The maximum absolute atomic E-state index is 11.5. The van der Waals surface area contributed by atoms with E-state index in [0.717, 1.165) is 5.69 Å². The highest BCUT2D eigenvalue weighted by molar-refractivity contribution is 7.11. The molecule has 1 heterocycles. The Balaban J connectivity index is 2.69. The van der Waals surface area contributed by atoms with Gasteiger partial charge in [0.2, 0.25) is 0 Å². The molecule has 0 saturated carbocycles. The Kier molecular flexibility index (Phi) is 3.19. The van der Waals surface area contributed by atoms with Crippen LogP contribution in [0.2, 0.25) is 0 Å². The lowest BCUT2D eigenvalue weighted by atomic mass is 10.3. The van der Waals surface area contributed by atoms with Crippen LogP contribution in [-0.4, -0.2) is 16.9 Å². The molecule has 0 bridgehead atoms. The molecule has 1 aromatic heterocycles. The molecule has 0 aliphatic heterocycles. The Morgan fingerprint density at radius 2 is 2.54 bits per heavy atom. The fraction of sp³-hybridized carbons (Fsp3) is 0.333. The summed E-state index contributed by atoms with van der Waals surface area (Å²) >= 11 is 1.35. The summed E-state index contributed by atoms with van der Waals surface area (Å²) < 4.78 is 0. The molecule has 1 amide bonds. The van der Waals surface area contributed by atoms with Crippen LogP contribution in [0.25, 0.3) is 0 Å². The number of nitrogens with zero attached hydrogens (tertiary/aromatic N) is 1. The number of aromatic nitrogens is 1. The van der Waals surface area contributed by atoms with Crippen molar-refractivity contribution in [2.75, 3.05) is 0 Å². The zero-order valence-electron chi connectivity index (χ0n) is 7.70. The second-order valence-electron chi connectivity index (χ2n) is 2.76. The fourth-order valence-corrected chi connectivity index (χ4v) is 1.56. The molecule has 0 aliphatic rings. The minimum Gasteiger partial charge on any atom is -0.345 e. The zero-order chi connectivity index (χ0) is 9.84. The van der Waals surface area contributed by atoms with Gasteiger partial charge in [0, 0.05) is 6.04 Å². The molecule has 1 atom stereocenters. The van der Waals surface area contributed by atoms with Crippen LogP contribution >= 0.6 is 11.3 Å². The lowest BCUT2D eigenvalue weighted by molar-refractivity contribution is 0.0950. The van der Waals surface area contributed by atoms with Crippen LogP contribution in [0, 0.1) is 6.92 Å². The molecule has 1 unspecified atom stereocenters. The largest absolute Gasteiger partial charge is 0.345 e. The maximum atomic E-state index is 11.5. The predicted molar refractivity (Wildman–Crippen MR) is 54.0 cm³/mol. The minimum absolute atomic E-state index is 0.00556. The number of thiazole rings is 1. The van der Waals surface area contributed by atoms with E-state index in [0.29, 0.717) is 4.88 Å². The van der Waals surface area contributed by atoms with Crippen LogP contribution in [-0.2, 0) is 0 Å². The number of hydrogen-bond acceptors (Lipinski definition) is 3. The van der Waals surface area contributed by atoms with Gasteiger partial charge in [0.1, 0.15) is 4.88 Å². The fourth-order valence-electron chi connectivity index (χ4n) is 0.851. The van der Waals surface area contributed by atoms with Crippen LogP contribution in [0.1, 0.15) is 22.3 Å². The Hall–Kier alpha value is -1.16. The molecule has 4 heteroatoms. The van der Waals surface area contributed by atoms with Crippen molar-refractivity contribution in [2.45, 2.75) is 19.9 Å². The number of carbonyl (C=O) groups excluding carboxylic acids is 1. The van der Waals surface area contributed by atoms with Crippen molar-refractivity contribution in [1.82, 2.24) is 10.3 Å². The van der Waals surface area contributed by atoms with E-state index >= 15 is 0 Å². The molecular weight excluding hydrogens is 184 g/mol. The van der Waals surface area contributed by atoms with Crippen molar-refractivity contribution < 1.29 is 4.79 Å². The average Bonchev–Trinajstić information content (AvgIpc) is 2.51. The molecule has 0 aromatic carbocycles. The van der Waals surface area contributed by atoms with Gasteiger partial charge in [-0.15, -0.1) is 17.9 Å². The Morgan fingerprint density at radius 3 is 3.00 bits per heavy atom. The zero-order valence-corrected chi connectivity index (χ0v) is 8.52. The molecule has 3 nitrogen and oxygen atoms in total. The van der Waals surface area contributed by atoms with Crippen LogP contribution in [0.3, 0.4) is 0 Å². The molecule has 13 heavy (non-hydrogen) atoms. The van der Waals surface area contributed by atoms with Gasteiger partial charge in [-0.25, -0.2) is 4.98 Å². The number of amides is 1. The molecule has 1 N–H and O–H groups in total. The summed E-state index contributed by atoms with van der Waals surface area (Å²) in [5, 5.41) is 2.79. The minimum atomic E-state index is -0.0765. The van der Waals surface area contributed by atoms with Gasteiger partial charge in [0.25, 0.3) is 5.91 Å². The van der Waals surface area contributed by atoms with Gasteiger partial charge in [-0.2, -0.15) is 0 Å². The molecule has 0 radical (unpaired) electrons. The summed E-state index contributed by atoms with van der Waals surface area (Å²) in [6.07, 6.45) is 1.69. The monoisotopic (exact) mass is 196 g/mol. The summed E-state index contributed by atoms with van der Waals surface area (Å²) in [5.74, 6) is -0.0765. The Bertz CT molecular complexity index is 319. The number of carbonyl (C=O) groups is 1. The van der Waals surface area contributed by atoms with Gasteiger partial charge < -0.3 is 5.32 Å². The lowest BCUT2D eigenvalue weighted by Gasteiger charge is -2.07. The summed E-state index contributed by atoms with van der Waals surface area (Å²) in [6, 6.07) is -0.00556. The van der Waals surface area contributed by atoms with E-state index in [1.54, 1.807) is 11.6 Å². The average molecular weight is 196 g/mol. The predicted octanol–water partition coefficient (Wildman–Crippen LogP) is 1.76. The van der Waals surface area contributed by atoms with E-state index in [2.05, 4.69) is 16.9 Å². The number of hydrogen-bond donors (Lipinski definition) is 1. The first-order valence-electron chi connectivity index (χ1n) is 3.98. The van der Waals surface area contributed by atoms with E-state index in [4.69, 9.17) is 0 Å². The third-order valence-corrected chi connectivity index (χ3v) is 2.59. The highest BCUT2D eigenvalue weighted by Crippen LogP contribution is 2.11. The standard InChI is InChI=1S/C9H12N2OS/c1-4-6(2)11-9(12)8-7(3)10-5-13-8/h4-6H,1H2,2-3H3,(H,11,12). The highest BCUT2D eigenvalue weighted by atomic mass is 32.1. The molecule has 0 fully saturated rings. The third-order valence-electron chi connectivity index (χ3n) is 1.66. The van der Waals surface area contributed by atoms with Gasteiger partial charge in [0.05, 0.1) is 11.2 Å². The molecule has 0 aliphatic carbocycles. The quantitative estimate of drug-likeness (QED) is 0.748. The van der Waals surface area contributed by atoms with Crippen LogP contribution < -0.4 is 5.32 Å². The number of rotatable bonds is 3. The summed E-state index contributed by atoms with van der Waals surface area (Å²) in [5.41, 5.74) is 2.45. The first kappa shape index (κ1) is 9.92. The molecule has 0 saturated heterocycles. The molecule has 70 valence electrons. The van der Waals surface area contributed by atoms with E-state index in [1.165, 1.54) is 11.3 Å². The SMILES string of the molecule is C=CC(C)NC(=O)c1scnc1C. The van der Waals surface area contributed by atoms with Crippen molar-refractivity contribution in [3.8, 4) is 0 Å². The van der Waals surface area contributed by atoms with E-state index in [9.17, 15) is 4.79 Å². The first-order chi connectivity index (χ1) is 6.15. The van der Waals surface area contributed by atoms with Gasteiger partial charge >= 0.3 is 0 Å². The van der Waals surface area contributed by atoms with Crippen molar-refractivity contribution in [3.63, 3.8) is 0 Å². The van der Waals surface area contributed by atoms with E-state index in [-0.39, 0.29) is 11.9 Å². The second-order valence-corrected chi connectivity index (χ2v) is 3.62. The summed E-state index contributed by atoms with van der Waals surface area (Å²) in [4.78, 5) is 16.2. The van der Waals surface area contributed by atoms with Gasteiger partial charge in [-0.05, 0) is 13.8 Å². The smallest absolute Gasteiger partial charge is 0.263 e. The topological polar surface area (TPSA) is 42.0 Å². The van der Waals surface area contributed by atoms with Crippen molar-refractivity contribution in [3.05, 3.63) is 28.7 Å². The van der Waals surface area contributed by atoms with Crippen LogP contribution in [0.5, 0.6) is 0 Å². The maximum Gasteiger partial charge on any atom is 0.263 e. The highest BCUT2D eigenvalue weighted by Gasteiger charge is 2.12. The third kappa shape index (κ3) is 2.39. The number of nitrogens with one attached hydrogen (secondary N) is 1. The normalized spacial score (nSPS) is 12.2. The van der Waals surface area contributed by atoms with Crippen molar-refractivity contribution in [1.29, 1.82) is 0 Å². The first-order valence-corrected chi connectivity index (χ1v) is 4.86. The van der Waals surface area contributed by atoms with Crippen LogP contribution in [0.15, 0.2) is 18.2 Å². The lowest BCUT2D eigenvalue weighted by Crippen LogP contribution is -2.30. The van der Waals surface area contributed by atoms with Gasteiger partial charge in [0.15, 0.2) is 0 Å². The van der Waals surface area contributed by atoms with Crippen molar-refractivity contribution in [2.24, 2.45) is 0 Å². The second kappa shape index (κ2) is 4.18. The molecular formula is C9H12N2OS. The van der Waals surface area contributed by atoms with E-state index in [1.807, 2.05) is 13.8 Å². The Morgan fingerprint density at radius 1 is 1.85 bits per heavy atom. The summed E-state index contributed by atoms with van der Waals surface area (Å²) in [6.45, 7) is 7.29. The Labute approximate surface area is 81.5 Å². The van der Waals surface area contributed by atoms with Gasteiger partial charge in [-0.1, -0.05) is 6.08 Å². The molecule has 1 aromatic rings. The van der Waals surface area contributed by atoms with E-state index < -0.39 is 0 Å². The van der Waals surface area contributed by atoms with Crippen molar-refractivity contribution >= 4 is 17.2 Å². The summed E-state index contributed by atoms with van der Waals surface area (Å²) in [7, 11) is 0.